The Labute approximate surface area is 143 Å². The predicted octanol–water partition coefficient (Wildman–Crippen LogP) is 3.77. The molecule has 6 nitrogen and oxygen atoms in total. The fourth-order valence-corrected chi connectivity index (χ4v) is 3.74. The zero-order chi connectivity index (χ0) is 17.6. The third-order valence-electron chi connectivity index (χ3n) is 4.20. The number of furan rings is 1. The lowest BCUT2D eigenvalue weighted by molar-refractivity contribution is 0.0460. The number of esters is 1. The maximum absolute atomic E-state index is 12.3. The number of nitrogen functional groups attached to an aromatic ring is 1. The first-order valence-electron chi connectivity index (χ1n) is 7.55. The van der Waals surface area contributed by atoms with Crippen molar-refractivity contribution in [3.63, 3.8) is 0 Å². The van der Waals surface area contributed by atoms with E-state index in [4.69, 9.17) is 14.9 Å². The topological polar surface area (TPSA) is 91.2 Å². The Morgan fingerprint density at radius 1 is 1.12 bits per heavy atom. The standard InChI is InChI=1S/C17H19N3O3S/c1-7-9(3)23-10(4)13(7)17(21)22-6-12-19-15(18)14-8(2)11(5)24-16(14)20-12/h6H2,1-5H3,(H2,18,19,20). The molecule has 0 bridgehead atoms. The number of hydrogen-bond acceptors (Lipinski definition) is 7. The molecule has 0 spiro atoms. The highest BCUT2D eigenvalue weighted by atomic mass is 32.1. The molecule has 0 atom stereocenters. The summed E-state index contributed by atoms with van der Waals surface area (Å²) < 4.78 is 10.8. The third kappa shape index (κ3) is 2.65. The molecule has 0 unspecified atom stereocenters. The quantitative estimate of drug-likeness (QED) is 0.727. The molecule has 7 heteroatoms. The third-order valence-corrected chi connectivity index (χ3v) is 5.30. The molecule has 0 fully saturated rings. The van der Waals surface area contributed by atoms with Gasteiger partial charge < -0.3 is 14.9 Å². The Hall–Kier alpha value is -2.41. The molecular formula is C17H19N3O3S. The van der Waals surface area contributed by atoms with E-state index in [0.29, 0.717) is 28.7 Å². The number of fused-ring (bicyclic) bond motifs is 1. The number of aryl methyl sites for hydroxylation is 4. The fraction of sp³-hybridized carbons (Fsp3) is 0.353. The van der Waals surface area contributed by atoms with E-state index in [2.05, 4.69) is 9.97 Å². The lowest BCUT2D eigenvalue weighted by atomic mass is 10.1. The number of aromatic nitrogens is 2. The van der Waals surface area contributed by atoms with E-state index in [1.807, 2.05) is 27.7 Å². The van der Waals surface area contributed by atoms with E-state index >= 15 is 0 Å². The van der Waals surface area contributed by atoms with Gasteiger partial charge in [-0.1, -0.05) is 0 Å². The van der Waals surface area contributed by atoms with Crippen molar-refractivity contribution in [2.45, 2.75) is 41.2 Å². The van der Waals surface area contributed by atoms with Gasteiger partial charge in [0.25, 0.3) is 0 Å². The van der Waals surface area contributed by atoms with Crippen LogP contribution in [0.4, 0.5) is 5.82 Å². The van der Waals surface area contributed by atoms with Gasteiger partial charge in [0.1, 0.15) is 27.7 Å². The maximum atomic E-state index is 12.3. The van der Waals surface area contributed by atoms with Crippen LogP contribution in [-0.4, -0.2) is 15.9 Å². The summed E-state index contributed by atoms with van der Waals surface area (Å²) in [7, 11) is 0. The number of ether oxygens (including phenoxy) is 1. The van der Waals surface area contributed by atoms with E-state index in [-0.39, 0.29) is 6.61 Å². The van der Waals surface area contributed by atoms with Crippen molar-refractivity contribution in [1.82, 2.24) is 9.97 Å². The van der Waals surface area contributed by atoms with Gasteiger partial charge in [0.05, 0.1) is 5.39 Å². The fourth-order valence-electron chi connectivity index (χ4n) is 2.69. The van der Waals surface area contributed by atoms with Crippen molar-refractivity contribution in [2.75, 3.05) is 5.73 Å². The maximum Gasteiger partial charge on any atom is 0.342 e. The Kier molecular flexibility index (Phi) is 4.04. The average molecular weight is 345 g/mol. The van der Waals surface area contributed by atoms with Crippen molar-refractivity contribution < 1.29 is 13.9 Å². The summed E-state index contributed by atoms with van der Waals surface area (Å²) in [5.41, 5.74) is 8.39. The number of rotatable bonds is 3. The molecule has 0 aliphatic heterocycles. The van der Waals surface area contributed by atoms with Crippen LogP contribution in [0.25, 0.3) is 10.2 Å². The second-order valence-electron chi connectivity index (χ2n) is 5.78. The number of thiophene rings is 1. The average Bonchev–Trinajstić information content (AvgIpc) is 2.93. The molecule has 0 saturated carbocycles. The van der Waals surface area contributed by atoms with E-state index in [9.17, 15) is 4.79 Å². The summed E-state index contributed by atoms with van der Waals surface area (Å²) >= 11 is 1.56. The summed E-state index contributed by atoms with van der Waals surface area (Å²) in [5, 5.41) is 0.879. The Bertz CT molecular complexity index is 956. The summed E-state index contributed by atoms with van der Waals surface area (Å²) in [4.78, 5) is 23.0. The molecule has 0 radical (unpaired) electrons. The van der Waals surface area contributed by atoms with Crippen LogP contribution < -0.4 is 5.73 Å². The molecule has 0 amide bonds. The number of anilines is 1. The van der Waals surface area contributed by atoms with Gasteiger partial charge in [-0.05, 0) is 40.2 Å². The highest BCUT2D eigenvalue weighted by Gasteiger charge is 2.21. The summed E-state index contributed by atoms with van der Waals surface area (Å²) in [5.74, 6) is 1.63. The SMILES string of the molecule is Cc1oc(C)c(C(=O)OCc2nc(N)c3c(C)c(C)sc3n2)c1C. The monoisotopic (exact) mass is 345 g/mol. The first kappa shape index (κ1) is 16.4. The minimum atomic E-state index is -0.442. The van der Waals surface area contributed by atoms with E-state index in [1.54, 1.807) is 18.3 Å². The van der Waals surface area contributed by atoms with E-state index in [0.717, 1.165) is 26.2 Å². The van der Waals surface area contributed by atoms with E-state index < -0.39 is 5.97 Å². The van der Waals surface area contributed by atoms with Crippen molar-refractivity contribution in [1.29, 1.82) is 0 Å². The van der Waals surface area contributed by atoms with Crippen LogP contribution >= 0.6 is 11.3 Å². The van der Waals surface area contributed by atoms with Gasteiger partial charge in [-0.25, -0.2) is 14.8 Å². The predicted molar refractivity (Wildman–Crippen MR) is 93.3 cm³/mol. The van der Waals surface area contributed by atoms with Gasteiger partial charge in [0.15, 0.2) is 12.4 Å². The number of nitrogens with two attached hydrogens (primary N) is 1. The highest BCUT2D eigenvalue weighted by molar-refractivity contribution is 7.18. The van der Waals surface area contributed by atoms with Crippen molar-refractivity contribution in [3.05, 3.63) is 38.9 Å². The zero-order valence-electron chi connectivity index (χ0n) is 14.3. The molecule has 0 aromatic carbocycles. The molecule has 0 saturated heterocycles. The van der Waals surface area contributed by atoms with Crippen molar-refractivity contribution in [2.24, 2.45) is 0 Å². The number of nitrogens with zero attached hydrogens (tertiary/aromatic N) is 2. The van der Waals surface area contributed by atoms with Crippen LogP contribution in [0.3, 0.4) is 0 Å². The van der Waals surface area contributed by atoms with Gasteiger partial charge in [-0.2, -0.15) is 0 Å². The first-order valence-corrected chi connectivity index (χ1v) is 8.37. The summed E-state index contributed by atoms with van der Waals surface area (Å²) in [6, 6.07) is 0. The molecule has 126 valence electrons. The highest BCUT2D eigenvalue weighted by Crippen LogP contribution is 2.32. The molecule has 3 rings (SSSR count). The van der Waals surface area contributed by atoms with Crippen LogP contribution in [-0.2, 0) is 11.3 Å². The lowest BCUT2D eigenvalue weighted by Crippen LogP contribution is -2.10. The first-order chi connectivity index (χ1) is 11.3. The largest absolute Gasteiger partial charge is 0.465 e. The molecule has 3 heterocycles. The van der Waals surface area contributed by atoms with Crippen molar-refractivity contribution >= 4 is 33.3 Å². The molecule has 3 aromatic heterocycles. The molecule has 0 aliphatic rings. The van der Waals surface area contributed by atoms with Crippen LogP contribution in [0.1, 0.15) is 43.7 Å². The number of carbonyl (C=O) groups is 1. The number of hydrogen-bond donors (Lipinski definition) is 1. The van der Waals surface area contributed by atoms with Gasteiger partial charge >= 0.3 is 5.97 Å². The van der Waals surface area contributed by atoms with Gasteiger partial charge in [-0.15, -0.1) is 11.3 Å². The minimum Gasteiger partial charge on any atom is -0.465 e. The van der Waals surface area contributed by atoms with Crippen LogP contribution in [0, 0.1) is 34.6 Å². The molecule has 3 aromatic rings. The Morgan fingerprint density at radius 3 is 2.46 bits per heavy atom. The van der Waals surface area contributed by atoms with Crippen molar-refractivity contribution in [3.8, 4) is 0 Å². The van der Waals surface area contributed by atoms with Gasteiger partial charge in [-0.3, -0.25) is 0 Å². The smallest absolute Gasteiger partial charge is 0.342 e. The molecule has 2 N–H and O–H groups in total. The number of carbonyl (C=O) groups excluding carboxylic acids is 1. The van der Waals surface area contributed by atoms with E-state index in [1.165, 1.54) is 0 Å². The minimum absolute atomic E-state index is 0.0297. The van der Waals surface area contributed by atoms with Crippen LogP contribution in [0.15, 0.2) is 4.42 Å². The van der Waals surface area contributed by atoms with Crippen LogP contribution in [0.2, 0.25) is 0 Å². The van der Waals surface area contributed by atoms with Gasteiger partial charge in [0, 0.05) is 10.4 Å². The second-order valence-corrected chi connectivity index (χ2v) is 6.98. The molecular weight excluding hydrogens is 326 g/mol. The lowest BCUT2D eigenvalue weighted by Gasteiger charge is -2.06. The Balaban J connectivity index is 1.84. The molecule has 24 heavy (non-hydrogen) atoms. The van der Waals surface area contributed by atoms with Crippen LogP contribution in [0.5, 0.6) is 0 Å². The van der Waals surface area contributed by atoms with Gasteiger partial charge in [0.2, 0.25) is 0 Å². The summed E-state index contributed by atoms with van der Waals surface area (Å²) in [6.07, 6.45) is 0. The normalized spacial score (nSPS) is 11.2. The zero-order valence-corrected chi connectivity index (χ0v) is 15.1. The summed E-state index contributed by atoms with van der Waals surface area (Å²) in [6.45, 7) is 9.39. The second kappa shape index (κ2) is 5.90. The molecule has 0 aliphatic carbocycles. The Morgan fingerprint density at radius 2 is 1.83 bits per heavy atom.